The van der Waals surface area contributed by atoms with Crippen molar-refractivity contribution in [3.8, 4) is 44.5 Å². The zero-order valence-electron chi connectivity index (χ0n) is 39.9. The number of hydrogen-bond acceptors (Lipinski definition) is 3. The Hall–Kier alpha value is -9.70. The number of rotatable bonds is 10. The molecule has 0 saturated heterocycles. The molecule has 1 heterocycles. The topological polar surface area (TPSA) is 19.6 Å². The molecular formula is C70H46N2O. The summed E-state index contributed by atoms with van der Waals surface area (Å²) in [5.74, 6) is 0. The van der Waals surface area contributed by atoms with Gasteiger partial charge in [0.05, 0.1) is 17.1 Å². The molecule has 73 heavy (non-hydrogen) atoms. The van der Waals surface area contributed by atoms with E-state index in [0.717, 1.165) is 72.8 Å². The summed E-state index contributed by atoms with van der Waals surface area (Å²) >= 11 is 0. The number of furan rings is 1. The molecule has 0 N–H and O–H groups in total. The van der Waals surface area contributed by atoms with E-state index >= 15 is 0 Å². The Bertz CT molecular complexity index is 4280. The van der Waals surface area contributed by atoms with Crippen molar-refractivity contribution in [3.05, 3.63) is 279 Å². The maximum atomic E-state index is 6.69. The first kappa shape index (κ1) is 42.2. The minimum atomic E-state index is 0.868. The lowest BCUT2D eigenvalue weighted by molar-refractivity contribution is 0.669. The Labute approximate surface area is 424 Å². The quantitative estimate of drug-likeness (QED) is 0.127. The van der Waals surface area contributed by atoms with E-state index in [1.807, 2.05) is 6.07 Å². The molecule has 1 aromatic heterocycles. The van der Waals surface area contributed by atoms with Crippen molar-refractivity contribution in [2.75, 3.05) is 9.80 Å². The number of fused-ring (bicyclic) bond motifs is 3. The van der Waals surface area contributed by atoms with Crippen molar-refractivity contribution < 1.29 is 4.42 Å². The normalized spacial score (nSPS) is 11.6. The largest absolute Gasteiger partial charge is 0.454 e. The molecule has 14 aromatic rings. The second-order valence-corrected chi connectivity index (χ2v) is 18.8. The van der Waals surface area contributed by atoms with Gasteiger partial charge in [0, 0.05) is 38.8 Å². The minimum absolute atomic E-state index is 0.868. The van der Waals surface area contributed by atoms with E-state index < -0.39 is 0 Å². The summed E-state index contributed by atoms with van der Waals surface area (Å²) in [6.45, 7) is 0. The fourth-order valence-corrected chi connectivity index (χ4v) is 11.2. The lowest BCUT2D eigenvalue weighted by atomic mass is 9.89. The van der Waals surface area contributed by atoms with E-state index in [1.165, 1.54) is 60.1 Å². The van der Waals surface area contributed by atoms with Gasteiger partial charge in [-0.25, -0.2) is 0 Å². The zero-order chi connectivity index (χ0) is 48.2. The van der Waals surface area contributed by atoms with Crippen LogP contribution in [0, 0.1) is 0 Å². The van der Waals surface area contributed by atoms with E-state index in [4.69, 9.17) is 4.42 Å². The van der Waals surface area contributed by atoms with Gasteiger partial charge in [-0.1, -0.05) is 212 Å². The maximum absolute atomic E-state index is 6.69. The molecule has 3 nitrogen and oxygen atoms in total. The van der Waals surface area contributed by atoms with Crippen molar-refractivity contribution in [2.24, 2.45) is 0 Å². The van der Waals surface area contributed by atoms with Crippen LogP contribution in [0.4, 0.5) is 34.1 Å². The summed E-state index contributed by atoms with van der Waals surface area (Å²) < 4.78 is 6.69. The van der Waals surface area contributed by atoms with Gasteiger partial charge in [0.15, 0.2) is 5.58 Å². The molecule has 0 radical (unpaired) electrons. The summed E-state index contributed by atoms with van der Waals surface area (Å²) in [5.41, 5.74) is 17.6. The van der Waals surface area contributed by atoms with Gasteiger partial charge in [0.1, 0.15) is 5.58 Å². The molecular weight excluding hydrogens is 885 g/mol. The average Bonchev–Trinajstić information content (AvgIpc) is 3.86. The number of hydrogen-bond donors (Lipinski definition) is 0. The number of nitrogens with zero attached hydrogens (tertiary/aromatic N) is 2. The van der Waals surface area contributed by atoms with Crippen LogP contribution in [-0.4, -0.2) is 0 Å². The second kappa shape index (κ2) is 17.6. The van der Waals surface area contributed by atoms with Gasteiger partial charge in [0.2, 0.25) is 0 Å². The molecule has 342 valence electrons. The van der Waals surface area contributed by atoms with Crippen molar-refractivity contribution in [1.82, 2.24) is 0 Å². The summed E-state index contributed by atoms with van der Waals surface area (Å²) in [7, 11) is 0. The third-order valence-corrected chi connectivity index (χ3v) is 14.6. The summed E-state index contributed by atoms with van der Waals surface area (Å²) in [6.07, 6.45) is 0. The number of para-hydroxylation sites is 3. The maximum Gasteiger partial charge on any atom is 0.159 e. The lowest BCUT2D eigenvalue weighted by Gasteiger charge is -2.29. The average molecular weight is 931 g/mol. The van der Waals surface area contributed by atoms with Crippen LogP contribution in [-0.2, 0) is 0 Å². The van der Waals surface area contributed by atoms with Crippen LogP contribution in [0.25, 0.3) is 98.8 Å². The van der Waals surface area contributed by atoms with Crippen LogP contribution in [0.2, 0.25) is 0 Å². The van der Waals surface area contributed by atoms with Crippen molar-refractivity contribution in [2.45, 2.75) is 0 Å². The molecule has 0 unspecified atom stereocenters. The van der Waals surface area contributed by atoms with Gasteiger partial charge in [-0.15, -0.1) is 0 Å². The third kappa shape index (κ3) is 7.29. The van der Waals surface area contributed by atoms with Crippen LogP contribution >= 0.6 is 0 Å². The summed E-state index contributed by atoms with van der Waals surface area (Å²) in [5, 5.41) is 9.56. The predicted molar refractivity (Wildman–Crippen MR) is 309 cm³/mol. The highest BCUT2D eigenvalue weighted by atomic mass is 16.3. The second-order valence-electron chi connectivity index (χ2n) is 18.8. The van der Waals surface area contributed by atoms with Gasteiger partial charge in [-0.2, -0.15) is 0 Å². The third-order valence-electron chi connectivity index (χ3n) is 14.6. The van der Waals surface area contributed by atoms with Crippen molar-refractivity contribution in [1.29, 1.82) is 0 Å². The molecule has 0 fully saturated rings. The van der Waals surface area contributed by atoms with E-state index in [2.05, 4.69) is 283 Å². The van der Waals surface area contributed by atoms with Crippen LogP contribution < -0.4 is 9.80 Å². The highest BCUT2D eigenvalue weighted by molar-refractivity contribution is 6.28. The molecule has 0 aliphatic heterocycles. The smallest absolute Gasteiger partial charge is 0.159 e. The molecule has 0 atom stereocenters. The molecule has 0 spiro atoms. The van der Waals surface area contributed by atoms with Gasteiger partial charge < -0.3 is 14.2 Å². The van der Waals surface area contributed by atoms with Crippen molar-refractivity contribution in [3.63, 3.8) is 0 Å². The molecule has 0 saturated carbocycles. The van der Waals surface area contributed by atoms with E-state index in [1.54, 1.807) is 0 Å². The number of benzene rings is 13. The Morgan fingerprint density at radius 3 is 1.42 bits per heavy atom. The van der Waals surface area contributed by atoms with E-state index in [0.29, 0.717) is 0 Å². The van der Waals surface area contributed by atoms with Crippen LogP contribution in [0.5, 0.6) is 0 Å². The first-order valence-corrected chi connectivity index (χ1v) is 25.0. The Morgan fingerprint density at radius 1 is 0.247 bits per heavy atom. The molecule has 0 aliphatic carbocycles. The first-order chi connectivity index (χ1) is 36.2. The molecule has 0 amide bonds. The van der Waals surface area contributed by atoms with Gasteiger partial charge in [-0.05, 0) is 133 Å². The zero-order valence-corrected chi connectivity index (χ0v) is 39.9. The fraction of sp³-hybridized carbons (Fsp3) is 0. The first-order valence-electron chi connectivity index (χ1n) is 25.0. The van der Waals surface area contributed by atoms with Gasteiger partial charge >= 0.3 is 0 Å². The van der Waals surface area contributed by atoms with E-state index in [-0.39, 0.29) is 0 Å². The molecule has 13 aromatic carbocycles. The lowest BCUT2D eigenvalue weighted by Crippen LogP contribution is -2.11. The summed E-state index contributed by atoms with van der Waals surface area (Å²) in [6, 6.07) is 101. The standard InChI is InChI=1S/C70H46N2O/c1-5-16-47(17-6-1)49-28-37-56(38-29-49)71(65-45-36-54(48-18-7-2-8-19-48)46-63(65)50-20-9-3-10-21-50)57-39-30-51(31-40-57)58-41-32-52-34-43-62-64(44-35-53-33-42-60(58)68(52)69(53)62)72(55-22-11-4-12-23-55)66-26-15-25-61-59-24-13-14-27-67(59)73-70(61)66/h1-46H. The fourth-order valence-electron chi connectivity index (χ4n) is 11.2. The highest BCUT2D eigenvalue weighted by Crippen LogP contribution is 2.49. The van der Waals surface area contributed by atoms with Crippen LogP contribution in [0.1, 0.15) is 0 Å². The van der Waals surface area contributed by atoms with Crippen LogP contribution in [0.15, 0.2) is 283 Å². The number of anilines is 6. The molecule has 0 aliphatic rings. The Morgan fingerprint density at radius 2 is 0.726 bits per heavy atom. The van der Waals surface area contributed by atoms with E-state index in [9.17, 15) is 0 Å². The monoisotopic (exact) mass is 930 g/mol. The Kier molecular flexibility index (Phi) is 10.2. The molecule has 3 heteroatoms. The van der Waals surface area contributed by atoms with Gasteiger partial charge in [-0.3, -0.25) is 0 Å². The van der Waals surface area contributed by atoms with Crippen LogP contribution in [0.3, 0.4) is 0 Å². The highest BCUT2D eigenvalue weighted by Gasteiger charge is 2.24. The Balaban J connectivity index is 0.911. The molecule has 14 rings (SSSR count). The predicted octanol–water partition coefficient (Wildman–Crippen LogP) is 20.1. The summed E-state index contributed by atoms with van der Waals surface area (Å²) in [4.78, 5) is 4.78. The molecule has 0 bridgehead atoms. The SMILES string of the molecule is c1ccc(-c2ccc(N(c3ccc(-c4ccc5ccc6c(N(c7ccccc7)c7cccc8c7oc7ccccc78)ccc7ccc4c5c76)cc3)c3ccc(-c4ccccc4)cc3-c3ccccc3)cc2)cc1. The van der Waals surface area contributed by atoms with Gasteiger partial charge in [0.25, 0.3) is 0 Å². The van der Waals surface area contributed by atoms with Crippen molar-refractivity contribution >= 4 is 88.4 Å². The minimum Gasteiger partial charge on any atom is -0.454 e.